The molecule has 0 saturated carbocycles. The predicted molar refractivity (Wildman–Crippen MR) is 56.3 cm³/mol. The number of rotatable bonds is 3. The molecule has 76 valence electrons. The molecule has 1 unspecified atom stereocenters. The van der Waals surface area contributed by atoms with Crippen LogP contribution in [0.15, 0.2) is 23.1 Å². The second-order valence-electron chi connectivity index (χ2n) is 2.99. The first-order chi connectivity index (χ1) is 6.56. The van der Waals surface area contributed by atoms with Gasteiger partial charge in [-0.05, 0) is 24.6 Å². The number of ether oxygens (including phenoxy) is 1. The minimum Gasteiger partial charge on any atom is -0.496 e. The number of carboxylic acids is 1. The first-order valence-corrected chi connectivity index (χ1v) is 4.60. The van der Waals surface area contributed by atoms with Crippen LogP contribution in [0.3, 0.4) is 0 Å². The molecule has 0 aliphatic rings. The van der Waals surface area contributed by atoms with Crippen molar-refractivity contribution in [3.05, 3.63) is 23.8 Å². The molecule has 1 aromatic rings. The normalized spacial score (nSPS) is 12.2. The van der Waals surface area contributed by atoms with E-state index in [0.29, 0.717) is 16.2 Å². The van der Waals surface area contributed by atoms with Gasteiger partial charge >= 0.3 is 5.97 Å². The van der Waals surface area contributed by atoms with Crippen LogP contribution in [-0.2, 0) is 4.79 Å². The summed E-state index contributed by atoms with van der Waals surface area (Å²) < 4.78 is 5.05. The Morgan fingerprint density at radius 3 is 2.71 bits per heavy atom. The van der Waals surface area contributed by atoms with Gasteiger partial charge in [0.1, 0.15) is 5.75 Å². The molecular formula is C10H12O3S. The van der Waals surface area contributed by atoms with Crippen molar-refractivity contribution in [2.45, 2.75) is 17.7 Å². The van der Waals surface area contributed by atoms with E-state index in [9.17, 15) is 4.79 Å². The summed E-state index contributed by atoms with van der Waals surface area (Å²) in [5.41, 5.74) is 0.715. The van der Waals surface area contributed by atoms with Crippen molar-refractivity contribution >= 4 is 18.6 Å². The van der Waals surface area contributed by atoms with Gasteiger partial charge in [0.15, 0.2) is 0 Å². The van der Waals surface area contributed by atoms with Gasteiger partial charge in [-0.1, -0.05) is 6.07 Å². The standard InChI is InChI=1S/C10H12O3S/c1-6(10(11)12)7-3-4-9(14)8(5-7)13-2/h3-6,14H,1-2H3,(H,11,12). The molecule has 0 bridgehead atoms. The van der Waals surface area contributed by atoms with Crippen LogP contribution in [0.25, 0.3) is 0 Å². The second-order valence-corrected chi connectivity index (χ2v) is 3.47. The monoisotopic (exact) mass is 212 g/mol. The lowest BCUT2D eigenvalue weighted by Gasteiger charge is -2.09. The Morgan fingerprint density at radius 1 is 1.57 bits per heavy atom. The third-order valence-corrected chi connectivity index (χ3v) is 2.44. The minimum absolute atomic E-state index is 0.530. The first kappa shape index (κ1) is 10.9. The van der Waals surface area contributed by atoms with Crippen LogP contribution in [0.2, 0.25) is 0 Å². The van der Waals surface area contributed by atoms with Crippen molar-refractivity contribution in [3.63, 3.8) is 0 Å². The van der Waals surface area contributed by atoms with Crippen molar-refractivity contribution in [3.8, 4) is 5.75 Å². The maximum atomic E-state index is 10.7. The number of carboxylic acid groups (broad SMARTS) is 1. The minimum atomic E-state index is -0.848. The number of carbonyl (C=O) groups is 1. The van der Waals surface area contributed by atoms with Crippen LogP contribution < -0.4 is 4.74 Å². The van der Waals surface area contributed by atoms with E-state index in [1.807, 2.05) is 0 Å². The molecule has 0 radical (unpaired) electrons. The van der Waals surface area contributed by atoms with E-state index in [-0.39, 0.29) is 0 Å². The average Bonchev–Trinajstić information content (AvgIpc) is 2.17. The molecule has 1 atom stereocenters. The zero-order valence-corrected chi connectivity index (χ0v) is 8.91. The molecule has 0 fully saturated rings. The Hall–Kier alpha value is -1.16. The van der Waals surface area contributed by atoms with E-state index in [1.165, 1.54) is 7.11 Å². The highest BCUT2D eigenvalue weighted by Gasteiger charge is 2.14. The van der Waals surface area contributed by atoms with E-state index >= 15 is 0 Å². The van der Waals surface area contributed by atoms with Gasteiger partial charge in [0.05, 0.1) is 13.0 Å². The Bertz CT molecular complexity index is 349. The number of hydrogen-bond donors (Lipinski definition) is 2. The molecule has 0 heterocycles. The van der Waals surface area contributed by atoms with Crippen LogP contribution >= 0.6 is 12.6 Å². The molecule has 1 aromatic carbocycles. The smallest absolute Gasteiger partial charge is 0.310 e. The predicted octanol–water partition coefficient (Wildman–Crippen LogP) is 2.17. The summed E-state index contributed by atoms with van der Waals surface area (Å²) in [5.74, 6) is -0.782. The number of hydrogen-bond acceptors (Lipinski definition) is 3. The third kappa shape index (κ3) is 2.20. The summed E-state index contributed by atoms with van der Waals surface area (Å²) in [6.45, 7) is 1.63. The molecule has 0 spiro atoms. The summed E-state index contributed by atoms with van der Waals surface area (Å²) in [6.07, 6.45) is 0. The maximum Gasteiger partial charge on any atom is 0.310 e. The molecule has 0 aromatic heterocycles. The van der Waals surface area contributed by atoms with Gasteiger partial charge in [-0.2, -0.15) is 0 Å². The Morgan fingerprint density at radius 2 is 2.21 bits per heavy atom. The molecule has 0 amide bonds. The van der Waals surface area contributed by atoms with Crippen molar-refractivity contribution in [1.29, 1.82) is 0 Å². The van der Waals surface area contributed by atoms with Gasteiger partial charge in [-0.3, -0.25) is 4.79 Å². The zero-order valence-electron chi connectivity index (χ0n) is 8.02. The van der Waals surface area contributed by atoms with Crippen LogP contribution in [0, 0.1) is 0 Å². The fraction of sp³-hybridized carbons (Fsp3) is 0.300. The largest absolute Gasteiger partial charge is 0.496 e. The quantitative estimate of drug-likeness (QED) is 0.755. The number of benzene rings is 1. The molecule has 0 saturated heterocycles. The van der Waals surface area contributed by atoms with E-state index in [0.717, 1.165) is 0 Å². The summed E-state index contributed by atoms with van der Waals surface area (Å²) >= 11 is 4.17. The molecule has 4 heteroatoms. The van der Waals surface area contributed by atoms with Crippen LogP contribution in [0.5, 0.6) is 5.75 Å². The SMILES string of the molecule is COc1cc(C(C)C(=O)O)ccc1S. The summed E-state index contributed by atoms with van der Waals surface area (Å²) in [4.78, 5) is 11.4. The maximum absolute atomic E-state index is 10.7. The van der Waals surface area contributed by atoms with Crippen LogP contribution in [-0.4, -0.2) is 18.2 Å². The van der Waals surface area contributed by atoms with Crippen molar-refractivity contribution in [2.75, 3.05) is 7.11 Å². The van der Waals surface area contributed by atoms with E-state index in [1.54, 1.807) is 25.1 Å². The number of thiol groups is 1. The third-order valence-electron chi connectivity index (χ3n) is 2.07. The van der Waals surface area contributed by atoms with Gasteiger partial charge in [-0.25, -0.2) is 0 Å². The van der Waals surface area contributed by atoms with Gasteiger partial charge in [0, 0.05) is 4.90 Å². The van der Waals surface area contributed by atoms with Gasteiger partial charge in [0.25, 0.3) is 0 Å². The van der Waals surface area contributed by atoms with Crippen molar-refractivity contribution in [1.82, 2.24) is 0 Å². The van der Waals surface area contributed by atoms with E-state index < -0.39 is 11.9 Å². The van der Waals surface area contributed by atoms with Gasteiger partial charge < -0.3 is 9.84 Å². The van der Waals surface area contributed by atoms with Gasteiger partial charge in [-0.15, -0.1) is 12.6 Å². The summed E-state index contributed by atoms with van der Waals surface area (Å²) in [6, 6.07) is 5.17. The lowest BCUT2D eigenvalue weighted by Crippen LogP contribution is -2.07. The molecule has 14 heavy (non-hydrogen) atoms. The highest BCUT2D eigenvalue weighted by atomic mass is 32.1. The fourth-order valence-electron chi connectivity index (χ4n) is 1.11. The molecule has 1 N–H and O–H groups in total. The molecule has 3 nitrogen and oxygen atoms in total. The molecule has 0 aliphatic carbocycles. The number of methoxy groups -OCH3 is 1. The zero-order chi connectivity index (χ0) is 10.7. The average molecular weight is 212 g/mol. The second kappa shape index (κ2) is 4.37. The number of aliphatic carboxylic acids is 1. The Balaban J connectivity index is 3.06. The highest BCUT2D eigenvalue weighted by molar-refractivity contribution is 7.80. The lowest BCUT2D eigenvalue weighted by atomic mass is 10.0. The van der Waals surface area contributed by atoms with Crippen molar-refractivity contribution in [2.24, 2.45) is 0 Å². The van der Waals surface area contributed by atoms with Crippen LogP contribution in [0.4, 0.5) is 0 Å². The van der Waals surface area contributed by atoms with E-state index in [2.05, 4.69) is 12.6 Å². The first-order valence-electron chi connectivity index (χ1n) is 4.16. The topological polar surface area (TPSA) is 46.5 Å². The summed E-state index contributed by atoms with van der Waals surface area (Å²) in [5, 5.41) is 8.81. The summed E-state index contributed by atoms with van der Waals surface area (Å²) in [7, 11) is 1.53. The van der Waals surface area contributed by atoms with E-state index in [4.69, 9.17) is 9.84 Å². The van der Waals surface area contributed by atoms with Gasteiger partial charge in [0.2, 0.25) is 0 Å². The molecular weight excluding hydrogens is 200 g/mol. The molecule has 1 rings (SSSR count). The van der Waals surface area contributed by atoms with Crippen LogP contribution in [0.1, 0.15) is 18.4 Å². The fourth-order valence-corrected chi connectivity index (χ4v) is 1.34. The van der Waals surface area contributed by atoms with Crippen molar-refractivity contribution < 1.29 is 14.6 Å². The highest BCUT2D eigenvalue weighted by Crippen LogP contribution is 2.27. The Labute approximate surface area is 88.1 Å². The molecule has 0 aliphatic heterocycles. The Kier molecular flexibility index (Phi) is 3.41. The lowest BCUT2D eigenvalue weighted by molar-refractivity contribution is -0.138.